The van der Waals surface area contributed by atoms with Crippen molar-refractivity contribution in [2.75, 3.05) is 0 Å². The number of carbonyl (C=O) groups excluding carboxylic acids is 1. The largest absolute Gasteiger partial charge is 0.294 e. The molecule has 0 aromatic heterocycles. The summed E-state index contributed by atoms with van der Waals surface area (Å²) in [5, 5.41) is 0. The first-order chi connectivity index (χ1) is 6.65. The average molecular weight is 255 g/mol. The number of carbonyl (C=O) groups is 1. The first-order valence-corrected chi connectivity index (χ1v) is 5.74. The first kappa shape index (κ1) is 11.4. The molecule has 0 aliphatic rings. The lowest BCUT2D eigenvalue weighted by atomic mass is 9.95. The molecule has 1 aromatic carbocycles. The highest BCUT2D eigenvalue weighted by atomic mass is 79.9. The number of hydrogen-bond acceptors (Lipinski definition) is 1. The lowest BCUT2D eigenvalue weighted by molar-refractivity contribution is 0.0923. The first-order valence-electron chi connectivity index (χ1n) is 4.95. The normalized spacial score (nSPS) is 12.5. The summed E-state index contributed by atoms with van der Waals surface area (Å²) in [4.78, 5) is 11.8. The van der Waals surface area contributed by atoms with Gasteiger partial charge in [0.1, 0.15) is 0 Å². The predicted molar refractivity (Wildman–Crippen MR) is 62.5 cm³/mol. The Morgan fingerprint density at radius 1 is 1.36 bits per heavy atom. The molecule has 76 valence electrons. The van der Waals surface area contributed by atoms with Crippen LogP contribution >= 0.6 is 15.9 Å². The van der Waals surface area contributed by atoms with Crippen LogP contribution in [-0.2, 0) is 0 Å². The fourth-order valence-electron chi connectivity index (χ4n) is 1.46. The van der Waals surface area contributed by atoms with Crippen LogP contribution in [0.2, 0.25) is 0 Å². The summed E-state index contributed by atoms with van der Waals surface area (Å²) in [5.41, 5.74) is 0.814. The van der Waals surface area contributed by atoms with Crippen molar-refractivity contribution < 1.29 is 4.79 Å². The SMILES string of the molecule is CCCC(C)C(=O)c1ccc(Br)cc1. The van der Waals surface area contributed by atoms with Gasteiger partial charge in [0.15, 0.2) is 5.78 Å². The van der Waals surface area contributed by atoms with E-state index in [9.17, 15) is 4.79 Å². The van der Waals surface area contributed by atoms with Gasteiger partial charge >= 0.3 is 0 Å². The lowest BCUT2D eigenvalue weighted by Crippen LogP contribution is -2.10. The van der Waals surface area contributed by atoms with Crippen LogP contribution < -0.4 is 0 Å². The Hall–Kier alpha value is -0.630. The molecular weight excluding hydrogens is 240 g/mol. The Kier molecular flexibility index (Phi) is 4.33. The summed E-state index contributed by atoms with van der Waals surface area (Å²) >= 11 is 3.35. The van der Waals surface area contributed by atoms with Crippen molar-refractivity contribution in [1.82, 2.24) is 0 Å². The van der Waals surface area contributed by atoms with E-state index in [1.807, 2.05) is 31.2 Å². The van der Waals surface area contributed by atoms with E-state index in [0.717, 1.165) is 22.9 Å². The molecule has 1 nitrogen and oxygen atoms in total. The van der Waals surface area contributed by atoms with Crippen LogP contribution in [0.15, 0.2) is 28.7 Å². The highest BCUT2D eigenvalue weighted by molar-refractivity contribution is 9.10. The van der Waals surface area contributed by atoms with Gasteiger partial charge in [0.25, 0.3) is 0 Å². The van der Waals surface area contributed by atoms with Gasteiger partial charge in [0.05, 0.1) is 0 Å². The Morgan fingerprint density at radius 2 is 1.93 bits per heavy atom. The summed E-state index contributed by atoms with van der Waals surface area (Å²) in [7, 11) is 0. The molecule has 0 amide bonds. The molecule has 0 N–H and O–H groups in total. The molecule has 0 aliphatic carbocycles. The zero-order chi connectivity index (χ0) is 10.6. The number of rotatable bonds is 4. The van der Waals surface area contributed by atoms with Crippen LogP contribution in [-0.4, -0.2) is 5.78 Å². The zero-order valence-corrected chi connectivity index (χ0v) is 10.2. The molecule has 0 saturated carbocycles. The maximum atomic E-state index is 11.8. The molecule has 1 atom stereocenters. The number of benzene rings is 1. The van der Waals surface area contributed by atoms with Crippen molar-refractivity contribution in [3.63, 3.8) is 0 Å². The maximum absolute atomic E-state index is 11.8. The third-order valence-corrected chi connectivity index (χ3v) is 2.83. The third-order valence-electron chi connectivity index (χ3n) is 2.30. The third kappa shape index (κ3) is 2.95. The molecule has 0 saturated heterocycles. The number of halogens is 1. The summed E-state index contributed by atoms with van der Waals surface area (Å²) in [6, 6.07) is 7.56. The van der Waals surface area contributed by atoms with Crippen molar-refractivity contribution in [2.24, 2.45) is 5.92 Å². The van der Waals surface area contributed by atoms with Crippen LogP contribution in [0.1, 0.15) is 37.0 Å². The van der Waals surface area contributed by atoms with Gasteiger partial charge in [-0.1, -0.05) is 48.3 Å². The van der Waals surface area contributed by atoms with Crippen molar-refractivity contribution in [2.45, 2.75) is 26.7 Å². The van der Waals surface area contributed by atoms with Crippen molar-refractivity contribution in [1.29, 1.82) is 0 Å². The average Bonchev–Trinajstić information content (AvgIpc) is 2.18. The van der Waals surface area contributed by atoms with Gasteiger partial charge in [-0.15, -0.1) is 0 Å². The van der Waals surface area contributed by atoms with E-state index in [4.69, 9.17) is 0 Å². The monoisotopic (exact) mass is 254 g/mol. The second kappa shape index (κ2) is 5.30. The van der Waals surface area contributed by atoms with E-state index >= 15 is 0 Å². The number of hydrogen-bond donors (Lipinski definition) is 0. The molecule has 0 aliphatic heterocycles. The van der Waals surface area contributed by atoms with Gasteiger partial charge in [-0.2, -0.15) is 0 Å². The molecule has 2 heteroatoms. The van der Waals surface area contributed by atoms with Gasteiger partial charge < -0.3 is 0 Å². The van der Waals surface area contributed by atoms with Crippen LogP contribution in [0.5, 0.6) is 0 Å². The molecule has 1 unspecified atom stereocenters. The van der Waals surface area contributed by atoms with Crippen LogP contribution in [0.25, 0.3) is 0 Å². The van der Waals surface area contributed by atoms with Gasteiger partial charge in [-0.25, -0.2) is 0 Å². The van der Waals surface area contributed by atoms with Gasteiger partial charge in [0, 0.05) is 16.0 Å². The fourth-order valence-corrected chi connectivity index (χ4v) is 1.73. The van der Waals surface area contributed by atoms with Crippen molar-refractivity contribution >= 4 is 21.7 Å². The lowest BCUT2D eigenvalue weighted by Gasteiger charge is -2.08. The van der Waals surface area contributed by atoms with Gasteiger partial charge in [0.2, 0.25) is 0 Å². The number of Topliss-reactive ketones (excluding diaryl/α,β-unsaturated/α-hetero) is 1. The molecular formula is C12H15BrO. The zero-order valence-electron chi connectivity index (χ0n) is 8.59. The highest BCUT2D eigenvalue weighted by Crippen LogP contribution is 2.16. The maximum Gasteiger partial charge on any atom is 0.165 e. The summed E-state index contributed by atoms with van der Waals surface area (Å²) < 4.78 is 1.01. The fraction of sp³-hybridized carbons (Fsp3) is 0.417. The quantitative estimate of drug-likeness (QED) is 0.741. The summed E-state index contributed by atoms with van der Waals surface area (Å²) in [5.74, 6) is 0.389. The molecule has 1 rings (SSSR count). The smallest absolute Gasteiger partial charge is 0.165 e. The summed E-state index contributed by atoms with van der Waals surface area (Å²) in [6.45, 7) is 4.10. The van der Waals surface area contributed by atoms with Crippen LogP contribution in [0, 0.1) is 5.92 Å². The van der Waals surface area contributed by atoms with E-state index in [1.54, 1.807) is 0 Å². The van der Waals surface area contributed by atoms with Crippen molar-refractivity contribution in [3.8, 4) is 0 Å². The molecule has 14 heavy (non-hydrogen) atoms. The minimum absolute atomic E-state index is 0.140. The standard InChI is InChI=1S/C12H15BrO/c1-3-4-9(2)12(14)10-5-7-11(13)8-6-10/h5-9H,3-4H2,1-2H3. The molecule has 0 fully saturated rings. The van der Waals surface area contributed by atoms with E-state index in [-0.39, 0.29) is 11.7 Å². The molecule has 0 spiro atoms. The Morgan fingerprint density at radius 3 is 2.43 bits per heavy atom. The second-order valence-electron chi connectivity index (χ2n) is 3.56. The Bertz CT molecular complexity index is 303. The molecule has 0 radical (unpaired) electrons. The highest BCUT2D eigenvalue weighted by Gasteiger charge is 2.13. The van der Waals surface area contributed by atoms with E-state index in [1.165, 1.54) is 0 Å². The molecule has 0 heterocycles. The topological polar surface area (TPSA) is 17.1 Å². The van der Waals surface area contributed by atoms with Crippen LogP contribution in [0.4, 0.5) is 0 Å². The van der Waals surface area contributed by atoms with Gasteiger partial charge in [-0.3, -0.25) is 4.79 Å². The van der Waals surface area contributed by atoms with Gasteiger partial charge in [-0.05, 0) is 18.6 Å². The predicted octanol–water partition coefficient (Wildman–Crippen LogP) is 4.07. The molecule has 0 bridgehead atoms. The second-order valence-corrected chi connectivity index (χ2v) is 4.48. The van der Waals surface area contributed by atoms with E-state index < -0.39 is 0 Å². The summed E-state index contributed by atoms with van der Waals surface area (Å²) in [6.07, 6.45) is 2.03. The Balaban J connectivity index is 2.74. The van der Waals surface area contributed by atoms with Crippen molar-refractivity contribution in [3.05, 3.63) is 34.3 Å². The Labute approximate surface area is 93.7 Å². The number of ketones is 1. The van der Waals surface area contributed by atoms with Crippen LogP contribution in [0.3, 0.4) is 0 Å². The molecule has 1 aromatic rings. The minimum atomic E-state index is 0.140. The van der Waals surface area contributed by atoms with E-state index in [2.05, 4.69) is 22.9 Å². The minimum Gasteiger partial charge on any atom is -0.294 e. The van der Waals surface area contributed by atoms with E-state index in [0.29, 0.717) is 0 Å².